The van der Waals surface area contributed by atoms with Crippen molar-refractivity contribution < 1.29 is 4.79 Å². The molecule has 0 aliphatic heterocycles. The van der Waals surface area contributed by atoms with Crippen LogP contribution in [0.1, 0.15) is 58.8 Å². The number of carbonyl (C=O) groups excluding carboxylic acids is 1. The molecule has 0 heterocycles. The van der Waals surface area contributed by atoms with E-state index in [1.807, 2.05) is 7.05 Å². The third-order valence-corrected chi connectivity index (χ3v) is 2.96. The molecule has 1 atom stereocenters. The van der Waals surface area contributed by atoms with Crippen LogP contribution in [0.25, 0.3) is 0 Å². The van der Waals surface area contributed by atoms with Gasteiger partial charge in [-0.3, -0.25) is 4.79 Å². The molecular formula is C14H30N2O. The molecule has 2 N–H and O–H groups in total. The molecule has 0 aromatic heterocycles. The van der Waals surface area contributed by atoms with Crippen LogP contribution in [-0.2, 0) is 4.79 Å². The van der Waals surface area contributed by atoms with Crippen molar-refractivity contribution in [3.63, 3.8) is 0 Å². The number of nitrogens with one attached hydrogen (secondary N) is 2. The SMILES string of the molecule is CCCCCCCCC(=O)NCC(C)CNC. The smallest absolute Gasteiger partial charge is 0.220 e. The Labute approximate surface area is 107 Å². The van der Waals surface area contributed by atoms with Crippen molar-refractivity contribution in [1.29, 1.82) is 0 Å². The van der Waals surface area contributed by atoms with E-state index < -0.39 is 0 Å². The Balaban J connectivity index is 3.28. The van der Waals surface area contributed by atoms with Crippen LogP contribution >= 0.6 is 0 Å². The molecule has 3 heteroatoms. The van der Waals surface area contributed by atoms with E-state index in [9.17, 15) is 4.79 Å². The summed E-state index contributed by atoms with van der Waals surface area (Å²) in [6.45, 7) is 6.11. The quantitative estimate of drug-likeness (QED) is 0.547. The lowest BCUT2D eigenvalue weighted by Crippen LogP contribution is -2.32. The average molecular weight is 242 g/mol. The van der Waals surface area contributed by atoms with Gasteiger partial charge in [0, 0.05) is 13.0 Å². The molecule has 1 unspecified atom stereocenters. The van der Waals surface area contributed by atoms with Crippen LogP contribution in [0.5, 0.6) is 0 Å². The van der Waals surface area contributed by atoms with Crippen molar-refractivity contribution in [2.24, 2.45) is 5.92 Å². The highest BCUT2D eigenvalue weighted by molar-refractivity contribution is 5.75. The number of amides is 1. The third kappa shape index (κ3) is 11.7. The molecule has 0 saturated carbocycles. The maximum atomic E-state index is 11.5. The highest BCUT2D eigenvalue weighted by Crippen LogP contribution is 2.06. The van der Waals surface area contributed by atoms with Crippen molar-refractivity contribution in [1.82, 2.24) is 10.6 Å². The van der Waals surface area contributed by atoms with Crippen LogP contribution in [0, 0.1) is 5.92 Å². The van der Waals surface area contributed by atoms with Gasteiger partial charge in [-0.25, -0.2) is 0 Å². The molecule has 0 aromatic carbocycles. The van der Waals surface area contributed by atoms with Gasteiger partial charge in [-0.2, -0.15) is 0 Å². The largest absolute Gasteiger partial charge is 0.356 e. The van der Waals surface area contributed by atoms with E-state index in [1.165, 1.54) is 32.1 Å². The first-order chi connectivity index (χ1) is 8.20. The van der Waals surface area contributed by atoms with Crippen LogP contribution in [0.3, 0.4) is 0 Å². The molecule has 0 aromatic rings. The predicted octanol–water partition coefficient (Wildman–Crippen LogP) is 2.71. The van der Waals surface area contributed by atoms with E-state index in [-0.39, 0.29) is 5.91 Å². The molecule has 0 aliphatic carbocycles. The summed E-state index contributed by atoms with van der Waals surface area (Å²) < 4.78 is 0. The first-order valence-electron chi connectivity index (χ1n) is 7.12. The van der Waals surface area contributed by atoms with Crippen LogP contribution < -0.4 is 10.6 Å². The second-order valence-electron chi connectivity index (χ2n) is 4.98. The number of hydrogen-bond acceptors (Lipinski definition) is 2. The number of rotatable bonds is 11. The Morgan fingerprint density at radius 2 is 1.71 bits per heavy atom. The van der Waals surface area contributed by atoms with Gasteiger partial charge in [0.05, 0.1) is 0 Å². The van der Waals surface area contributed by atoms with Gasteiger partial charge in [-0.05, 0) is 25.9 Å². The molecule has 0 bridgehead atoms. The first kappa shape index (κ1) is 16.4. The van der Waals surface area contributed by atoms with Gasteiger partial charge in [-0.1, -0.05) is 46.0 Å². The second-order valence-corrected chi connectivity index (χ2v) is 4.98. The summed E-state index contributed by atoms with van der Waals surface area (Å²) in [5.74, 6) is 0.719. The van der Waals surface area contributed by atoms with Gasteiger partial charge >= 0.3 is 0 Å². The van der Waals surface area contributed by atoms with Crippen molar-refractivity contribution in [3.05, 3.63) is 0 Å². The fourth-order valence-electron chi connectivity index (χ4n) is 1.86. The monoisotopic (exact) mass is 242 g/mol. The van der Waals surface area contributed by atoms with Crippen molar-refractivity contribution in [3.8, 4) is 0 Å². The van der Waals surface area contributed by atoms with Gasteiger partial charge in [0.1, 0.15) is 0 Å². The van der Waals surface area contributed by atoms with Gasteiger partial charge in [0.25, 0.3) is 0 Å². The minimum Gasteiger partial charge on any atom is -0.356 e. The van der Waals surface area contributed by atoms with E-state index in [1.54, 1.807) is 0 Å². The first-order valence-corrected chi connectivity index (χ1v) is 7.12. The van der Waals surface area contributed by atoms with E-state index in [0.717, 1.165) is 19.5 Å². The Bertz CT molecular complexity index is 183. The third-order valence-electron chi connectivity index (χ3n) is 2.96. The maximum absolute atomic E-state index is 11.5. The zero-order valence-corrected chi connectivity index (χ0v) is 11.8. The minimum atomic E-state index is 0.212. The Kier molecular flexibility index (Phi) is 11.5. The lowest BCUT2D eigenvalue weighted by Gasteiger charge is -2.11. The maximum Gasteiger partial charge on any atom is 0.220 e. The topological polar surface area (TPSA) is 41.1 Å². The summed E-state index contributed by atoms with van der Waals surface area (Å²) in [7, 11) is 1.94. The minimum absolute atomic E-state index is 0.212. The lowest BCUT2D eigenvalue weighted by atomic mass is 10.1. The van der Waals surface area contributed by atoms with E-state index in [0.29, 0.717) is 12.3 Å². The summed E-state index contributed by atoms with van der Waals surface area (Å²) in [6.07, 6.45) is 8.13. The molecular weight excluding hydrogens is 212 g/mol. The van der Waals surface area contributed by atoms with Crippen molar-refractivity contribution in [2.75, 3.05) is 20.1 Å². The number of hydrogen-bond donors (Lipinski definition) is 2. The van der Waals surface area contributed by atoms with E-state index in [4.69, 9.17) is 0 Å². The molecule has 1 amide bonds. The molecule has 0 spiro atoms. The zero-order valence-electron chi connectivity index (χ0n) is 11.8. The average Bonchev–Trinajstić information content (AvgIpc) is 2.31. The highest BCUT2D eigenvalue weighted by Gasteiger charge is 2.04. The van der Waals surface area contributed by atoms with Crippen LogP contribution in [-0.4, -0.2) is 26.0 Å². The second kappa shape index (κ2) is 11.9. The molecule has 0 aliphatic rings. The number of unbranched alkanes of at least 4 members (excludes halogenated alkanes) is 5. The molecule has 0 fully saturated rings. The normalized spacial score (nSPS) is 12.4. The number of carbonyl (C=O) groups is 1. The molecule has 17 heavy (non-hydrogen) atoms. The Morgan fingerprint density at radius 1 is 1.06 bits per heavy atom. The molecule has 0 rings (SSSR count). The summed E-state index contributed by atoms with van der Waals surface area (Å²) in [5.41, 5.74) is 0. The predicted molar refractivity (Wildman–Crippen MR) is 74.1 cm³/mol. The lowest BCUT2D eigenvalue weighted by molar-refractivity contribution is -0.121. The van der Waals surface area contributed by atoms with Crippen LogP contribution in [0.15, 0.2) is 0 Å². The Morgan fingerprint density at radius 3 is 2.35 bits per heavy atom. The van der Waals surface area contributed by atoms with Gasteiger partial charge in [0.15, 0.2) is 0 Å². The Hall–Kier alpha value is -0.570. The fourth-order valence-corrected chi connectivity index (χ4v) is 1.86. The van der Waals surface area contributed by atoms with Crippen LogP contribution in [0.4, 0.5) is 0 Å². The summed E-state index contributed by atoms with van der Waals surface area (Å²) in [4.78, 5) is 11.5. The van der Waals surface area contributed by atoms with E-state index >= 15 is 0 Å². The highest BCUT2D eigenvalue weighted by atomic mass is 16.1. The molecule has 0 saturated heterocycles. The van der Waals surface area contributed by atoms with Crippen molar-refractivity contribution in [2.45, 2.75) is 58.8 Å². The van der Waals surface area contributed by atoms with Crippen molar-refractivity contribution >= 4 is 5.91 Å². The van der Waals surface area contributed by atoms with E-state index in [2.05, 4.69) is 24.5 Å². The summed E-state index contributed by atoms with van der Waals surface area (Å²) in [6, 6.07) is 0. The van der Waals surface area contributed by atoms with Gasteiger partial charge in [0.2, 0.25) is 5.91 Å². The summed E-state index contributed by atoms with van der Waals surface area (Å²) in [5, 5.41) is 6.10. The van der Waals surface area contributed by atoms with Gasteiger partial charge in [-0.15, -0.1) is 0 Å². The standard InChI is InChI=1S/C14H30N2O/c1-4-5-6-7-8-9-10-14(17)16-12-13(2)11-15-3/h13,15H,4-12H2,1-3H3,(H,16,17). The fraction of sp³-hybridized carbons (Fsp3) is 0.929. The zero-order chi connectivity index (χ0) is 12.9. The molecule has 0 radical (unpaired) electrons. The molecule has 3 nitrogen and oxygen atoms in total. The summed E-state index contributed by atoms with van der Waals surface area (Å²) >= 11 is 0. The van der Waals surface area contributed by atoms with Crippen LogP contribution in [0.2, 0.25) is 0 Å². The van der Waals surface area contributed by atoms with Gasteiger partial charge < -0.3 is 10.6 Å². The molecule has 102 valence electrons.